The maximum absolute atomic E-state index is 7.00. The second kappa shape index (κ2) is 2.81. The molecule has 0 atom stereocenters. The van der Waals surface area contributed by atoms with Crippen LogP contribution in [-0.4, -0.2) is 10.8 Å². The molecule has 1 aromatic rings. The molecular weight excluding hydrogens is 186 g/mol. The fourth-order valence-electron chi connectivity index (χ4n) is 0.419. The van der Waals surface area contributed by atoms with Crippen molar-refractivity contribution in [1.82, 2.24) is 4.98 Å². The fraction of sp³-hybridized carbons (Fsp3) is 0. The Bertz CT molecular complexity index is 247. The minimum Gasteiger partial charge on any atom is -0.382 e. The van der Waals surface area contributed by atoms with Gasteiger partial charge in [-0.2, -0.15) is 0 Å². The topological polar surface area (TPSA) is 62.8 Å². The second-order valence-electron chi connectivity index (χ2n) is 1.56. The molecule has 0 bridgehead atoms. The van der Waals surface area contributed by atoms with Crippen LogP contribution >= 0.6 is 36.6 Å². The Morgan fingerprint density at radius 1 is 1.60 bits per heavy atom. The van der Waals surface area contributed by atoms with E-state index in [0.717, 1.165) is 0 Å². The number of nitrogens with zero attached hydrogens (tertiary/aromatic N) is 1. The highest BCUT2D eigenvalue weighted by Gasteiger charge is 2.05. The zero-order valence-corrected chi connectivity index (χ0v) is 7.43. The van der Waals surface area contributed by atoms with Gasteiger partial charge < -0.3 is 5.73 Å². The first-order valence-corrected chi connectivity index (χ1v) is 4.05. The summed E-state index contributed by atoms with van der Waals surface area (Å²) in [4.78, 5) is 3.87. The van der Waals surface area contributed by atoms with Gasteiger partial charge >= 0.3 is 0 Å². The van der Waals surface area contributed by atoms with E-state index < -0.39 is 0 Å². The largest absolute Gasteiger partial charge is 0.382 e. The third kappa shape index (κ3) is 1.44. The lowest BCUT2D eigenvalue weighted by Gasteiger charge is -1.84. The summed E-state index contributed by atoms with van der Waals surface area (Å²) in [5.74, 6) is -0.0411. The summed E-state index contributed by atoms with van der Waals surface area (Å²) in [5, 5.41) is 8.00. The van der Waals surface area contributed by atoms with Crippen LogP contribution in [0.15, 0.2) is 9.24 Å². The fourth-order valence-corrected chi connectivity index (χ4v) is 1.60. The van der Waals surface area contributed by atoms with Gasteiger partial charge in [-0.05, 0) is 0 Å². The van der Waals surface area contributed by atoms with Gasteiger partial charge in [0.15, 0.2) is 10.8 Å². The number of amidine groups is 1. The van der Waals surface area contributed by atoms with E-state index in [4.69, 9.17) is 11.1 Å². The van der Waals surface area contributed by atoms with Crippen molar-refractivity contribution >= 4 is 42.4 Å². The highest BCUT2D eigenvalue weighted by atomic mass is 32.2. The van der Waals surface area contributed by atoms with E-state index >= 15 is 0 Å². The summed E-state index contributed by atoms with van der Waals surface area (Å²) in [7, 11) is 0. The number of aromatic nitrogens is 1. The molecule has 0 aliphatic heterocycles. The number of nitrogen functional groups attached to an aromatic ring is 1. The molecule has 0 amide bonds. The van der Waals surface area contributed by atoms with Crippen molar-refractivity contribution in [3.63, 3.8) is 0 Å². The molecule has 0 spiro atoms. The van der Waals surface area contributed by atoms with Crippen molar-refractivity contribution in [2.75, 3.05) is 0 Å². The van der Waals surface area contributed by atoms with E-state index in [9.17, 15) is 0 Å². The first kappa shape index (κ1) is 7.90. The monoisotopic (exact) mass is 191 g/mol. The number of thiol groups is 2. The van der Waals surface area contributed by atoms with E-state index in [1.165, 1.54) is 11.3 Å². The summed E-state index contributed by atoms with van der Waals surface area (Å²) in [5.41, 5.74) is 5.16. The second-order valence-corrected chi connectivity index (χ2v) is 3.73. The Balaban J connectivity index is 3.10. The van der Waals surface area contributed by atoms with Crippen molar-refractivity contribution in [1.29, 1.82) is 5.41 Å². The lowest BCUT2D eigenvalue weighted by molar-refractivity contribution is 1.13. The Kier molecular flexibility index (Phi) is 2.22. The molecule has 0 unspecified atom stereocenters. The van der Waals surface area contributed by atoms with E-state index in [0.29, 0.717) is 14.2 Å². The predicted octanol–water partition coefficient (Wildman–Crippen LogP) is 1.00. The Morgan fingerprint density at radius 3 is 2.40 bits per heavy atom. The van der Waals surface area contributed by atoms with Crippen LogP contribution in [0.4, 0.5) is 0 Å². The lowest BCUT2D eigenvalue weighted by atomic mass is 10.6. The molecule has 0 saturated heterocycles. The van der Waals surface area contributed by atoms with Crippen LogP contribution in [0.3, 0.4) is 0 Å². The molecule has 1 rings (SSSR count). The minimum atomic E-state index is -0.0411. The summed E-state index contributed by atoms with van der Waals surface area (Å²) in [6.45, 7) is 0. The van der Waals surface area contributed by atoms with Crippen LogP contribution < -0.4 is 5.73 Å². The molecule has 0 radical (unpaired) electrons. The van der Waals surface area contributed by atoms with Gasteiger partial charge in [0, 0.05) is 0 Å². The van der Waals surface area contributed by atoms with Gasteiger partial charge in [0.05, 0.1) is 4.21 Å². The van der Waals surface area contributed by atoms with Crippen LogP contribution in [0.1, 0.15) is 5.01 Å². The van der Waals surface area contributed by atoms with Crippen molar-refractivity contribution in [2.24, 2.45) is 5.73 Å². The van der Waals surface area contributed by atoms with Crippen LogP contribution in [0.2, 0.25) is 0 Å². The maximum Gasteiger partial charge on any atom is 0.160 e. The third-order valence-electron chi connectivity index (χ3n) is 0.822. The van der Waals surface area contributed by atoms with Gasteiger partial charge in [0.2, 0.25) is 0 Å². The predicted molar refractivity (Wildman–Crippen MR) is 47.6 cm³/mol. The molecule has 1 aromatic heterocycles. The molecule has 0 aliphatic carbocycles. The Labute approximate surface area is 73.0 Å². The standard InChI is InChI=1S/C4H5N3S3/c5-1(6)3-7-2(8)4(9)10-3/h8-9H,(H3,5,6). The molecule has 0 fully saturated rings. The molecule has 1 heterocycles. The molecular formula is C4H5N3S3. The smallest absolute Gasteiger partial charge is 0.160 e. The summed E-state index contributed by atoms with van der Waals surface area (Å²) in [6.07, 6.45) is 0. The van der Waals surface area contributed by atoms with Crippen LogP contribution in [0.5, 0.6) is 0 Å². The number of nitrogens with two attached hydrogens (primary N) is 1. The van der Waals surface area contributed by atoms with Crippen molar-refractivity contribution in [2.45, 2.75) is 9.24 Å². The molecule has 3 nitrogen and oxygen atoms in total. The zero-order chi connectivity index (χ0) is 7.72. The number of rotatable bonds is 1. The number of hydrogen-bond donors (Lipinski definition) is 4. The number of thiazole rings is 1. The van der Waals surface area contributed by atoms with Crippen molar-refractivity contribution in [3.05, 3.63) is 5.01 Å². The summed E-state index contributed by atoms with van der Waals surface area (Å²) >= 11 is 9.27. The summed E-state index contributed by atoms with van der Waals surface area (Å²) < 4.78 is 0.688. The molecule has 0 aromatic carbocycles. The molecule has 0 saturated carbocycles. The number of hydrogen-bond acceptors (Lipinski definition) is 5. The first-order chi connectivity index (χ1) is 4.61. The van der Waals surface area contributed by atoms with Gasteiger partial charge in [-0.25, -0.2) is 4.98 Å². The van der Waals surface area contributed by atoms with Crippen LogP contribution in [-0.2, 0) is 0 Å². The minimum absolute atomic E-state index is 0.0411. The maximum atomic E-state index is 7.00. The summed E-state index contributed by atoms with van der Waals surface area (Å²) in [6, 6.07) is 0. The Hall–Kier alpha value is -0.200. The number of nitrogens with one attached hydrogen (secondary N) is 1. The van der Waals surface area contributed by atoms with Crippen molar-refractivity contribution in [3.8, 4) is 0 Å². The van der Waals surface area contributed by atoms with Gasteiger partial charge in [0.1, 0.15) is 5.03 Å². The van der Waals surface area contributed by atoms with Gasteiger partial charge in [0.25, 0.3) is 0 Å². The first-order valence-electron chi connectivity index (χ1n) is 2.34. The average Bonchev–Trinajstić information content (AvgIpc) is 2.13. The average molecular weight is 191 g/mol. The highest BCUT2D eigenvalue weighted by Crippen LogP contribution is 2.24. The van der Waals surface area contributed by atoms with E-state index in [1.54, 1.807) is 0 Å². The third-order valence-corrected chi connectivity index (χ3v) is 2.85. The molecule has 54 valence electrons. The van der Waals surface area contributed by atoms with Crippen molar-refractivity contribution < 1.29 is 0 Å². The van der Waals surface area contributed by atoms with Crippen LogP contribution in [0, 0.1) is 5.41 Å². The van der Waals surface area contributed by atoms with E-state index in [-0.39, 0.29) is 5.84 Å². The van der Waals surface area contributed by atoms with Crippen LogP contribution in [0.25, 0.3) is 0 Å². The molecule has 6 heteroatoms. The van der Waals surface area contributed by atoms with Gasteiger partial charge in [-0.1, -0.05) is 0 Å². The normalized spacial score (nSPS) is 9.80. The van der Waals surface area contributed by atoms with E-state index in [1.807, 2.05) is 0 Å². The molecule has 0 aliphatic rings. The lowest BCUT2D eigenvalue weighted by Crippen LogP contribution is -2.09. The highest BCUT2D eigenvalue weighted by molar-refractivity contribution is 7.85. The molecule has 3 N–H and O–H groups in total. The van der Waals surface area contributed by atoms with E-state index in [2.05, 4.69) is 30.2 Å². The molecule has 10 heavy (non-hydrogen) atoms. The van der Waals surface area contributed by atoms with Gasteiger partial charge in [-0.3, -0.25) is 5.41 Å². The van der Waals surface area contributed by atoms with Gasteiger partial charge in [-0.15, -0.1) is 36.6 Å². The zero-order valence-electron chi connectivity index (χ0n) is 4.83. The SMILES string of the molecule is N=C(N)c1nc(S)c(S)s1. The Morgan fingerprint density at radius 2 is 2.20 bits per heavy atom. The quantitative estimate of drug-likeness (QED) is 0.304.